The zero-order valence-corrected chi connectivity index (χ0v) is 12.2. The molecule has 0 heterocycles. The Kier molecular flexibility index (Phi) is 3.44. The van der Waals surface area contributed by atoms with Crippen molar-refractivity contribution in [1.82, 2.24) is 0 Å². The molecule has 0 unspecified atom stereocenters. The van der Waals surface area contributed by atoms with E-state index in [0.29, 0.717) is 0 Å². The van der Waals surface area contributed by atoms with E-state index in [9.17, 15) is 4.79 Å². The molecule has 0 aliphatic heterocycles. The van der Waals surface area contributed by atoms with Crippen LogP contribution < -0.4 is 4.90 Å². The predicted octanol–water partition coefficient (Wildman–Crippen LogP) is 4.39. The largest absolute Gasteiger partial charge is 0.378 e. The monoisotopic (exact) mass is 275 g/mol. The number of fused-ring (bicyclic) bond motifs is 1. The molecular formula is C19H17NO. The molecule has 0 N–H and O–H groups in total. The Morgan fingerprint density at radius 1 is 0.857 bits per heavy atom. The van der Waals surface area contributed by atoms with E-state index in [4.69, 9.17) is 0 Å². The molecule has 3 aromatic carbocycles. The zero-order valence-electron chi connectivity index (χ0n) is 12.2. The fourth-order valence-corrected chi connectivity index (χ4v) is 2.53. The average molecular weight is 275 g/mol. The third-order valence-electron chi connectivity index (χ3n) is 3.74. The van der Waals surface area contributed by atoms with E-state index in [1.54, 1.807) is 0 Å². The number of carbonyl (C=O) groups excluding carboxylic acids is 1. The van der Waals surface area contributed by atoms with Gasteiger partial charge in [-0.15, -0.1) is 0 Å². The molecule has 3 rings (SSSR count). The van der Waals surface area contributed by atoms with Crippen LogP contribution in [0.4, 0.5) is 5.69 Å². The number of nitrogens with zero attached hydrogens (tertiary/aromatic N) is 1. The third kappa shape index (κ3) is 2.52. The second-order valence-corrected chi connectivity index (χ2v) is 5.35. The second-order valence-electron chi connectivity index (χ2n) is 5.35. The first-order valence-electron chi connectivity index (χ1n) is 6.95. The molecule has 104 valence electrons. The van der Waals surface area contributed by atoms with Crippen molar-refractivity contribution >= 4 is 22.7 Å². The molecule has 2 nitrogen and oxygen atoms in total. The molecule has 0 aromatic heterocycles. The number of carbonyl (C=O) groups is 1. The Hall–Kier alpha value is -2.61. The maximum Gasteiger partial charge on any atom is 0.150 e. The van der Waals surface area contributed by atoms with Crippen LogP contribution in [0.15, 0.2) is 60.7 Å². The summed E-state index contributed by atoms with van der Waals surface area (Å²) in [6.45, 7) is 0. The Bertz CT molecular complexity index is 806. The summed E-state index contributed by atoms with van der Waals surface area (Å²) in [5, 5.41) is 2.39. The Labute approximate surface area is 124 Å². The van der Waals surface area contributed by atoms with Crippen LogP contribution in [-0.4, -0.2) is 20.4 Å². The standard InChI is InChI=1S/C19H17NO/c1-20(2)18-10-9-17(13-21)19(12-18)16-8-7-14-5-3-4-6-15(14)11-16/h3-13H,1-2H3. The summed E-state index contributed by atoms with van der Waals surface area (Å²) >= 11 is 0. The van der Waals surface area contributed by atoms with Gasteiger partial charge in [0.1, 0.15) is 0 Å². The maximum atomic E-state index is 11.3. The Morgan fingerprint density at radius 3 is 2.33 bits per heavy atom. The van der Waals surface area contributed by atoms with Gasteiger partial charge in [0.15, 0.2) is 6.29 Å². The van der Waals surface area contributed by atoms with Gasteiger partial charge in [-0.05, 0) is 46.2 Å². The van der Waals surface area contributed by atoms with Crippen molar-refractivity contribution in [3.05, 3.63) is 66.2 Å². The highest BCUT2D eigenvalue weighted by atomic mass is 16.1. The van der Waals surface area contributed by atoms with Gasteiger partial charge in [0.2, 0.25) is 0 Å². The third-order valence-corrected chi connectivity index (χ3v) is 3.74. The van der Waals surface area contributed by atoms with Gasteiger partial charge in [-0.1, -0.05) is 36.4 Å². The lowest BCUT2D eigenvalue weighted by atomic mass is 9.97. The van der Waals surface area contributed by atoms with Gasteiger partial charge in [0, 0.05) is 25.3 Å². The lowest BCUT2D eigenvalue weighted by Crippen LogP contribution is -2.08. The summed E-state index contributed by atoms with van der Waals surface area (Å²) in [5.41, 5.74) is 3.85. The molecular weight excluding hydrogens is 258 g/mol. The minimum absolute atomic E-state index is 0.718. The van der Waals surface area contributed by atoms with Crippen LogP contribution in [0.2, 0.25) is 0 Å². The van der Waals surface area contributed by atoms with Crippen LogP contribution in [0, 0.1) is 0 Å². The first-order chi connectivity index (χ1) is 10.2. The fraction of sp³-hybridized carbons (Fsp3) is 0.105. The van der Waals surface area contributed by atoms with Crippen LogP contribution in [0.25, 0.3) is 21.9 Å². The number of hydrogen-bond donors (Lipinski definition) is 0. The smallest absolute Gasteiger partial charge is 0.150 e. The topological polar surface area (TPSA) is 20.3 Å². The van der Waals surface area contributed by atoms with Gasteiger partial charge in [-0.25, -0.2) is 0 Å². The number of hydrogen-bond acceptors (Lipinski definition) is 2. The molecule has 2 heteroatoms. The second kappa shape index (κ2) is 5.41. The van der Waals surface area contributed by atoms with Crippen molar-refractivity contribution in [2.45, 2.75) is 0 Å². The Balaban J connectivity index is 2.20. The molecule has 0 atom stereocenters. The number of rotatable bonds is 3. The summed E-state index contributed by atoms with van der Waals surface area (Å²) in [4.78, 5) is 13.4. The van der Waals surface area contributed by atoms with E-state index in [-0.39, 0.29) is 0 Å². The highest BCUT2D eigenvalue weighted by Crippen LogP contribution is 2.29. The molecule has 3 aromatic rings. The molecule has 0 aliphatic rings. The molecule has 0 amide bonds. The highest BCUT2D eigenvalue weighted by Gasteiger charge is 2.08. The average Bonchev–Trinajstić information content (AvgIpc) is 2.53. The van der Waals surface area contributed by atoms with Gasteiger partial charge in [-0.3, -0.25) is 4.79 Å². The molecule has 0 aliphatic carbocycles. The van der Waals surface area contributed by atoms with E-state index in [1.807, 2.05) is 43.3 Å². The maximum absolute atomic E-state index is 11.3. The molecule has 0 saturated heterocycles. The van der Waals surface area contributed by atoms with Gasteiger partial charge in [0.25, 0.3) is 0 Å². The molecule has 21 heavy (non-hydrogen) atoms. The first kappa shape index (κ1) is 13.4. The van der Waals surface area contributed by atoms with Crippen molar-refractivity contribution in [2.75, 3.05) is 19.0 Å². The normalized spacial score (nSPS) is 10.6. The van der Waals surface area contributed by atoms with E-state index < -0.39 is 0 Å². The van der Waals surface area contributed by atoms with E-state index in [0.717, 1.165) is 28.7 Å². The van der Waals surface area contributed by atoms with Gasteiger partial charge in [-0.2, -0.15) is 0 Å². The van der Waals surface area contributed by atoms with Gasteiger partial charge >= 0.3 is 0 Å². The van der Waals surface area contributed by atoms with Crippen molar-refractivity contribution in [3.63, 3.8) is 0 Å². The summed E-state index contributed by atoms with van der Waals surface area (Å²) in [5.74, 6) is 0. The molecule has 0 bridgehead atoms. The molecule has 0 fully saturated rings. The van der Waals surface area contributed by atoms with Crippen LogP contribution in [0.3, 0.4) is 0 Å². The molecule has 0 saturated carbocycles. The van der Waals surface area contributed by atoms with Crippen LogP contribution in [0.1, 0.15) is 10.4 Å². The lowest BCUT2D eigenvalue weighted by Gasteiger charge is -2.15. The van der Waals surface area contributed by atoms with Crippen molar-refractivity contribution in [2.24, 2.45) is 0 Å². The van der Waals surface area contributed by atoms with Crippen LogP contribution in [-0.2, 0) is 0 Å². The number of benzene rings is 3. The van der Waals surface area contributed by atoms with Gasteiger partial charge in [0.05, 0.1) is 0 Å². The van der Waals surface area contributed by atoms with E-state index >= 15 is 0 Å². The highest BCUT2D eigenvalue weighted by molar-refractivity contribution is 5.93. The SMILES string of the molecule is CN(C)c1ccc(C=O)c(-c2ccc3ccccc3c2)c1. The number of anilines is 1. The van der Waals surface area contributed by atoms with Gasteiger partial charge < -0.3 is 4.90 Å². The predicted molar refractivity (Wildman–Crippen MR) is 89.1 cm³/mol. The first-order valence-corrected chi connectivity index (χ1v) is 6.95. The van der Waals surface area contributed by atoms with Crippen LogP contribution in [0.5, 0.6) is 0 Å². The van der Waals surface area contributed by atoms with Crippen molar-refractivity contribution in [1.29, 1.82) is 0 Å². The van der Waals surface area contributed by atoms with E-state index in [1.165, 1.54) is 10.8 Å². The minimum Gasteiger partial charge on any atom is -0.378 e. The summed E-state index contributed by atoms with van der Waals surface area (Å²) in [6, 6.07) is 20.5. The zero-order chi connectivity index (χ0) is 14.8. The molecule has 0 radical (unpaired) electrons. The number of aldehydes is 1. The fourth-order valence-electron chi connectivity index (χ4n) is 2.53. The van der Waals surface area contributed by atoms with Crippen molar-refractivity contribution in [3.8, 4) is 11.1 Å². The lowest BCUT2D eigenvalue weighted by molar-refractivity contribution is 0.112. The summed E-state index contributed by atoms with van der Waals surface area (Å²) in [6.07, 6.45) is 0.921. The van der Waals surface area contributed by atoms with Crippen molar-refractivity contribution < 1.29 is 4.79 Å². The summed E-state index contributed by atoms with van der Waals surface area (Å²) < 4.78 is 0. The minimum atomic E-state index is 0.718. The Morgan fingerprint density at radius 2 is 1.62 bits per heavy atom. The van der Waals surface area contributed by atoms with Crippen LogP contribution >= 0.6 is 0 Å². The van der Waals surface area contributed by atoms with E-state index in [2.05, 4.69) is 36.4 Å². The quantitative estimate of drug-likeness (QED) is 0.661. The summed E-state index contributed by atoms with van der Waals surface area (Å²) in [7, 11) is 4.00. The molecule has 0 spiro atoms.